The number of aliphatic hydroxyl groups excluding tert-OH is 1. The summed E-state index contributed by atoms with van der Waals surface area (Å²) in [7, 11) is 0. The van der Waals surface area contributed by atoms with Crippen molar-refractivity contribution in [3.63, 3.8) is 0 Å². The zero-order valence-corrected chi connectivity index (χ0v) is 31.2. The van der Waals surface area contributed by atoms with Gasteiger partial charge in [-0.3, -0.25) is 4.79 Å². The van der Waals surface area contributed by atoms with Gasteiger partial charge in [-0.1, -0.05) is 98.7 Å². The fourth-order valence-corrected chi connectivity index (χ4v) is 6.18. The molecule has 4 aromatic carbocycles. The van der Waals surface area contributed by atoms with E-state index >= 15 is 0 Å². The summed E-state index contributed by atoms with van der Waals surface area (Å²) in [4.78, 5) is 16.1. The van der Waals surface area contributed by atoms with E-state index in [4.69, 9.17) is 0 Å². The molecule has 0 fully saturated rings. The van der Waals surface area contributed by atoms with Gasteiger partial charge in [0.15, 0.2) is 5.78 Å². The Balaban J connectivity index is 0.000000319. The maximum Gasteiger partial charge on any atom is 0.417 e. The summed E-state index contributed by atoms with van der Waals surface area (Å²) in [5, 5.41) is 13.6. The van der Waals surface area contributed by atoms with Crippen LogP contribution in [-0.4, -0.2) is 15.9 Å². The van der Waals surface area contributed by atoms with Gasteiger partial charge in [0.1, 0.15) is 5.76 Å². The van der Waals surface area contributed by atoms with E-state index < -0.39 is 22.6 Å². The smallest absolute Gasteiger partial charge is 0.417 e. The summed E-state index contributed by atoms with van der Waals surface area (Å²) >= 11 is 0. The van der Waals surface area contributed by atoms with Crippen LogP contribution in [-0.2, 0) is 36.5 Å². The van der Waals surface area contributed by atoms with Crippen molar-refractivity contribution >= 4 is 27.3 Å². The molecule has 1 aliphatic carbocycles. The third-order valence-corrected chi connectivity index (χ3v) is 8.87. The van der Waals surface area contributed by atoms with Gasteiger partial charge in [-0.2, -0.15) is 13.2 Å². The van der Waals surface area contributed by atoms with Crippen LogP contribution < -0.4 is 0 Å². The van der Waals surface area contributed by atoms with E-state index in [1.54, 1.807) is 6.20 Å². The second-order valence-corrected chi connectivity index (χ2v) is 14.9. The van der Waals surface area contributed by atoms with Crippen molar-refractivity contribution in [3.8, 4) is 22.4 Å². The number of carbonyl (C=O) groups is 1. The number of hydrogen-bond donors (Lipinski definition) is 1. The molecule has 0 saturated heterocycles. The maximum absolute atomic E-state index is 13.9. The van der Waals surface area contributed by atoms with E-state index in [1.807, 2.05) is 111 Å². The normalized spacial score (nSPS) is 14.1. The van der Waals surface area contributed by atoms with Crippen molar-refractivity contribution in [3.05, 3.63) is 113 Å². The molecule has 0 unspecified atom stereocenters. The Bertz CT molecular complexity index is 2060. The van der Waals surface area contributed by atoms with E-state index in [-0.39, 0.29) is 37.1 Å². The minimum absolute atomic E-state index is 0. The standard InChI is InChI=1S/C30H21F3N.C11H20O2.Ir/c1-17-6-4-7-18(16-17)28-22-12-11-21-19(20(22)14-15-34-28)10-13-23-26-24(29(2,3)27(21)23)8-5-9-25(26)30(31,32)33;1-10(2,3)8(12)7-9(13)11(4,5)6;/h4-6,8-16H,1-3H3;7,12H,1-6H3;/q-1;;/b;8-7-;. The molecule has 1 radical (unpaired) electrons. The van der Waals surface area contributed by atoms with Crippen LogP contribution in [0.15, 0.2) is 84.8 Å². The van der Waals surface area contributed by atoms with Crippen LogP contribution >= 0.6 is 0 Å². The Hall–Kier alpha value is -3.80. The maximum atomic E-state index is 13.9. The van der Waals surface area contributed by atoms with Crippen LogP contribution in [0.1, 0.15) is 77.6 Å². The first-order valence-corrected chi connectivity index (χ1v) is 15.7. The first kappa shape index (κ1) is 37.0. The summed E-state index contributed by atoms with van der Waals surface area (Å²) in [6.07, 6.45) is -1.28. The molecular weight excluding hydrogens is 788 g/mol. The second kappa shape index (κ2) is 12.9. The second-order valence-electron chi connectivity index (χ2n) is 14.9. The molecule has 5 aromatic rings. The van der Waals surface area contributed by atoms with Crippen molar-refractivity contribution in [2.75, 3.05) is 0 Å². The summed E-state index contributed by atoms with van der Waals surface area (Å²) in [5.41, 5.74) is 3.65. The minimum atomic E-state index is -4.41. The number of fused-ring (bicyclic) bond motifs is 7. The molecule has 7 heteroatoms. The molecule has 48 heavy (non-hydrogen) atoms. The van der Waals surface area contributed by atoms with Crippen LogP contribution in [0.2, 0.25) is 0 Å². The monoisotopic (exact) mass is 829 g/mol. The van der Waals surface area contributed by atoms with Crippen molar-refractivity contribution in [2.45, 2.75) is 73.9 Å². The molecule has 1 N–H and O–H groups in total. The number of carbonyl (C=O) groups excluding carboxylic acids is 1. The molecule has 1 heterocycles. The van der Waals surface area contributed by atoms with Crippen molar-refractivity contribution in [1.82, 2.24) is 4.98 Å². The Labute approximate surface area is 294 Å². The molecule has 1 aliphatic rings. The van der Waals surface area contributed by atoms with Gasteiger partial charge in [0.2, 0.25) is 0 Å². The van der Waals surface area contributed by atoms with Gasteiger partial charge < -0.3 is 10.1 Å². The fraction of sp³-hybridized carbons (Fsp3) is 0.317. The molecule has 0 spiro atoms. The zero-order chi connectivity index (χ0) is 34.7. The number of nitrogens with zero attached hydrogens (tertiary/aromatic N) is 1. The van der Waals surface area contributed by atoms with E-state index in [1.165, 1.54) is 18.2 Å². The average molecular weight is 829 g/mol. The molecule has 0 atom stereocenters. The van der Waals surface area contributed by atoms with Gasteiger partial charge in [-0.05, 0) is 61.6 Å². The van der Waals surface area contributed by atoms with Crippen LogP contribution in [0.25, 0.3) is 43.9 Å². The number of halogens is 3. The van der Waals surface area contributed by atoms with E-state index in [9.17, 15) is 23.1 Å². The number of benzene rings is 4. The van der Waals surface area contributed by atoms with Crippen molar-refractivity contribution in [1.29, 1.82) is 0 Å². The number of aliphatic hydroxyl groups is 1. The van der Waals surface area contributed by atoms with Gasteiger partial charge >= 0.3 is 6.18 Å². The van der Waals surface area contributed by atoms with Gasteiger partial charge in [-0.25, -0.2) is 0 Å². The van der Waals surface area contributed by atoms with E-state index in [2.05, 4.69) is 17.1 Å². The van der Waals surface area contributed by atoms with Crippen molar-refractivity contribution in [2.24, 2.45) is 10.8 Å². The van der Waals surface area contributed by atoms with Crippen molar-refractivity contribution < 1.29 is 43.2 Å². The molecule has 3 nitrogen and oxygen atoms in total. The SMILES string of the molecule is CC(C)(C)C(=O)/C=C(\O)C(C)(C)C.Cc1cc[c-]c(-c2nccc3c2ccc2c4c(ccc23)-c2c(C(F)(F)F)cccc2C4(C)C)c1.[Ir]. The number of pyridine rings is 1. The van der Waals surface area contributed by atoms with Gasteiger partial charge in [0.25, 0.3) is 0 Å². The predicted octanol–water partition coefficient (Wildman–Crippen LogP) is 11.6. The number of alkyl halides is 3. The number of hydrogen-bond acceptors (Lipinski definition) is 3. The van der Waals surface area contributed by atoms with Crippen LogP contribution in [0.4, 0.5) is 13.2 Å². The third-order valence-electron chi connectivity index (χ3n) is 8.87. The zero-order valence-electron chi connectivity index (χ0n) is 28.8. The number of aryl methyl sites for hydroxylation is 1. The van der Waals surface area contributed by atoms with Crippen LogP contribution in [0, 0.1) is 23.8 Å². The number of ketones is 1. The number of rotatable bonds is 2. The first-order chi connectivity index (χ1) is 21.7. The molecular formula is C41H41F3IrNO2-. The molecule has 6 rings (SSSR count). The largest absolute Gasteiger partial charge is 0.512 e. The van der Waals surface area contributed by atoms with Crippen LogP contribution in [0.5, 0.6) is 0 Å². The summed E-state index contributed by atoms with van der Waals surface area (Å²) < 4.78 is 41.8. The molecule has 253 valence electrons. The Kier molecular flexibility index (Phi) is 9.96. The fourth-order valence-electron chi connectivity index (χ4n) is 6.18. The van der Waals surface area contributed by atoms with E-state index in [0.717, 1.165) is 49.5 Å². The topological polar surface area (TPSA) is 50.2 Å². The van der Waals surface area contributed by atoms with E-state index in [0.29, 0.717) is 11.1 Å². The predicted molar refractivity (Wildman–Crippen MR) is 185 cm³/mol. The van der Waals surface area contributed by atoms with Gasteiger partial charge in [0, 0.05) is 48.6 Å². The summed E-state index contributed by atoms with van der Waals surface area (Å²) in [6, 6.07) is 23.7. The Morgan fingerprint density at radius 2 is 1.48 bits per heavy atom. The first-order valence-electron chi connectivity index (χ1n) is 15.7. The molecule has 0 amide bonds. The summed E-state index contributed by atoms with van der Waals surface area (Å²) in [5.74, 6) is 0.104. The average Bonchev–Trinajstić information content (AvgIpc) is 3.22. The summed E-state index contributed by atoms with van der Waals surface area (Å²) in [6.45, 7) is 17.2. The van der Waals surface area contributed by atoms with Gasteiger partial charge in [-0.15, -0.1) is 35.4 Å². The number of allylic oxidation sites excluding steroid dienone is 2. The van der Waals surface area contributed by atoms with Crippen LogP contribution in [0.3, 0.4) is 0 Å². The molecule has 0 saturated carbocycles. The molecule has 0 bridgehead atoms. The molecule has 1 aromatic heterocycles. The number of aromatic nitrogens is 1. The Morgan fingerprint density at radius 1 is 0.854 bits per heavy atom. The Morgan fingerprint density at radius 3 is 2.08 bits per heavy atom. The molecule has 0 aliphatic heterocycles. The minimum Gasteiger partial charge on any atom is -0.512 e. The van der Waals surface area contributed by atoms with Gasteiger partial charge in [0.05, 0.1) is 5.56 Å². The quantitative estimate of drug-likeness (QED) is 0.0835. The third kappa shape index (κ3) is 6.86.